The van der Waals surface area contributed by atoms with E-state index < -0.39 is 12.1 Å². The summed E-state index contributed by atoms with van der Waals surface area (Å²) in [5.74, 6) is -0.195. The van der Waals surface area contributed by atoms with Gasteiger partial charge in [-0.25, -0.2) is 4.79 Å². The number of nitrogens with one attached hydrogen (secondary N) is 2. The van der Waals surface area contributed by atoms with Gasteiger partial charge in [-0.15, -0.1) is 0 Å². The maximum absolute atomic E-state index is 12.4. The molecule has 0 aromatic carbocycles. The van der Waals surface area contributed by atoms with Gasteiger partial charge < -0.3 is 15.5 Å². The van der Waals surface area contributed by atoms with Crippen LogP contribution in [0.15, 0.2) is 11.6 Å². The van der Waals surface area contributed by atoms with Crippen molar-refractivity contribution >= 4 is 17.8 Å². The van der Waals surface area contributed by atoms with Gasteiger partial charge in [0.25, 0.3) is 0 Å². The van der Waals surface area contributed by atoms with Crippen molar-refractivity contribution in [2.75, 3.05) is 13.1 Å². The Labute approximate surface area is 128 Å². The summed E-state index contributed by atoms with van der Waals surface area (Å²) in [7, 11) is 0. The Bertz CT molecular complexity index is 547. The Kier molecular flexibility index (Phi) is 3.78. The minimum absolute atomic E-state index is 0.0547. The van der Waals surface area contributed by atoms with E-state index in [1.54, 1.807) is 13.0 Å². The summed E-state index contributed by atoms with van der Waals surface area (Å²) >= 11 is 0. The first kappa shape index (κ1) is 14.8. The lowest BCUT2D eigenvalue weighted by atomic mass is 10.00. The van der Waals surface area contributed by atoms with Crippen LogP contribution >= 0.6 is 0 Å². The van der Waals surface area contributed by atoms with Gasteiger partial charge in [-0.05, 0) is 25.3 Å². The van der Waals surface area contributed by atoms with Crippen LogP contribution in [0.4, 0.5) is 4.79 Å². The lowest BCUT2D eigenvalue weighted by molar-refractivity contribution is -0.124. The third-order valence-electron chi connectivity index (χ3n) is 4.46. The van der Waals surface area contributed by atoms with E-state index in [4.69, 9.17) is 0 Å². The van der Waals surface area contributed by atoms with Crippen molar-refractivity contribution in [2.45, 2.75) is 44.3 Å². The maximum Gasteiger partial charge on any atom is 0.345 e. The fraction of sp³-hybridized carbons (Fsp3) is 0.643. The molecular weight excluding hydrogens is 288 g/mol. The van der Waals surface area contributed by atoms with E-state index in [9.17, 15) is 19.6 Å². The highest BCUT2D eigenvalue weighted by Crippen LogP contribution is 2.27. The third-order valence-corrected chi connectivity index (χ3v) is 4.46. The van der Waals surface area contributed by atoms with Crippen LogP contribution in [0.3, 0.4) is 0 Å². The molecule has 3 atom stereocenters. The Hall–Kier alpha value is -2.09. The minimum atomic E-state index is -0.668. The number of hydroxylamine groups is 2. The fourth-order valence-corrected chi connectivity index (χ4v) is 3.32. The lowest BCUT2D eigenvalue weighted by Gasteiger charge is -2.29. The molecule has 0 aromatic heterocycles. The molecule has 3 heterocycles. The standard InChI is InChI=1S/C14H20N4O4/c1-8-6-10-7-17(14(21)18(10)22)12(8)13(20)15-5-4-9-2-3-11(19)16-9/h6,9-10,12,22H,2-5,7H2,1H3,(H,15,20)(H,16,19)/t9?,10-,12+/m1/s1. The van der Waals surface area contributed by atoms with Crippen molar-refractivity contribution in [3.05, 3.63) is 11.6 Å². The van der Waals surface area contributed by atoms with Crippen molar-refractivity contribution in [3.8, 4) is 0 Å². The van der Waals surface area contributed by atoms with Crippen LogP contribution in [0.1, 0.15) is 26.2 Å². The molecule has 2 saturated heterocycles. The predicted octanol–water partition coefficient (Wildman–Crippen LogP) is -0.405. The molecule has 3 aliphatic rings. The second-order valence-corrected chi connectivity index (χ2v) is 6.04. The molecule has 2 bridgehead atoms. The summed E-state index contributed by atoms with van der Waals surface area (Å²) < 4.78 is 0. The van der Waals surface area contributed by atoms with Gasteiger partial charge in [-0.1, -0.05) is 6.08 Å². The first-order chi connectivity index (χ1) is 10.5. The lowest BCUT2D eigenvalue weighted by Crippen LogP contribution is -2.50. The van der Waals surface area contributed by atoms with Crippen LogP contribution in [0.2, 0.25) is 0 Å². The van der Waals surface area contributed by atoms with Gasteiger partial charge in [0.2, 0.25) is 11.8 Å². The summed E-state index contributed by atoms with van der Waals surface area (Å²) in [5, 5.41) is 16.0. The van der Waals surface area contributed by atoms with Crippen LogP contribution in [0.5, 0.6) is 0 Å². The highest BCUT2D eigenvalue weighted by molar-refractivity contribution is 5.91. The highest BCUT2D eigenvalue weighted by atomic mass is 16.5. The van der Waals surface area contributed by atoms with Crippen molar-refractivity contribution in [3.63, 3.8) is 0 Å². The predicted molar refractivity (Wildman–Crippen MR) is 75.9 cm³/mol. The van der Waals surface area contributed by atoms with E-state index in [2.05, 4.69) is 10.6 Å². The van der Waals surface area contributed by atoms with Crippen molar-refractivity contribution < 1.29 is 19.6 Å². The molecule has 1 unspecified atom stereocenters. The smallest absolute Gasteiger partial charge is 0.345 e. The number of nitrogens with zero attached hydrogens (tertiary/aromatic N) is 2. The van der Waals surface area contributed by atoms with Gasteiger partial charge in [-0.3, -0.25) is 14.8 Å². The topological polar surface area (TPSA) is 102 Å². The summed E-state index contributed by atoms with van der Waals surface area (Å²) in [6, 6.07) is -1.47. The largest absolute Gasteiger partial charge is 0.354 e. The molecule has 8 nitrogen and oxygen atoms in total. The van der Waals surface area contributed by atoms with Crippen molar-refractivity contribution in [2.24, 2.45) is 0 Å². The van der Waals surface area contributed by atoms with Crippen molar-refractivity contribution in [1.29, 1.82) is 0 Å². The molecule has 3 rings (SSSR count). The number of fused-ring (bicyclic) bond motifs is 2. The zero-order valence-corrected chi connectivity index (χ0v) is 12.4. The monoisotopic (exact) mass is 308 g/mol. The molecule has 120 valence electrons. The van der Waals surface area contributed by atoms with Crippen LogP contribution in [0.25, 0.3) is 0 Å². The summed E-state index contributed by atoms with van der Waals surface area (Å²) in [5.41, 5.74) is 0.757. The first-order valence-corrected chi connectivity index (χ1v) is 7.51. The summed E-state index contributed by atoms with van der Waals surface area (Å²) in [6.07, 6.45) is 3.76. The van der Waals surface area contributed by atoms with E-state index in [0.717, 1.165) is 12.0 Å². The molecule has 0 radical (unpaired) electrons. The van der Waals surface area contributed by atoms with Gasteiger partial charge in [0.15, 0.2) is 0 Å². The third kappa shape index (κ3) is 2.54. The number of carbonyl (C=O) groups is 3. The maximum atomic E-state index is 12.4. The van der Waals surface area contributed by atoms with E-state index in [1.807, 2.05) is 0 Å². The molecule has 2 fully saturated rings. The zero-order chi connectivity index (χ0) is 15.9. The Balaban J connectivity index is 1.56. The molecule has 3 N–H and O–H groups in total. The van der Waals surface area contributed by atoms with Crippen LogP contribution < -0.4 is 10.6 Å². The molecule has 3 aliphatic heterocycles. The fourth-order valence-electron chi connectivity index (χ4n) is 3.32. The number of carbonyl (C=O) groups excluding carboxylic acids is 3. The molecule has 4 amide bonds. The van der Waals surface area contributed by atoms with E-state index in [1.165, 1.54) is 4.90 Å². The van der Waals surface area contributed by atoms with E-state index in [0.29, 0.717) is 31.0 Å². The molecule has 22 heavy (non-hydrogen) atoms. The second kappa shape index (κ2) is 5.60. The van der Waals surface area contributed by atoms with Crippen LogP contribution in [-0.4, -0.2) is 64.2 Å². The Morgan fingerprint density at radius 3 is 2.95 bits per heavy atom. The number of hydrogen-bond donors (Lipinski definition) is 3. The summed E-state index contributed by atoms with van der Waals surface area (Å²) in [4.78, 5) is 36.8. The van der Waals surface area contributed by atoms with Gasteiger partial charge in [0.05, 0.1) is 12.6 Å². The first-order valence-electron chi connectivity index (χ1n) is 7.51. The van der Waals surface area contributed by atoms with Crippen molar-refractivity contribution in [1.82, 2.24) is 20.6 Å². The second-order valence-electron chi connectivity index (χ2n) is 6.04. The van der Waals surface area contributed by atoms with Crippen LogP contribution in [0, 0.1) is 0 Å². The molecule has 8 heteroatoms. The van der Waals surface area contributed by atoms with E-state index in [-0.39, 0.29) is 23.9 Å². The van der Waals surface area contributed by atoms with Gasteiger partial charge >= 0.3 is 6.03 Å². The Morgan fingerprint density at radius 2 is 2.27 bits per heavy atom. The van der Waals surface area contributed by atoms with E-state index >= 15 is 0 Å². The quantitative estimate of drug-likeness (QED) is 0.485. The normalized spacial score (nSPS) is 30.5. The van der Waals surface area contributed by atoms with Crippen LogP contribution in [-0.2, 0) is 9.59 Å². The molecule has 0 aromatic rings. The average molecular weight is 308 g/mol. The Morgan fingerprint density at radius 1 is 1.50 bits per heavy atom. The molecule has 0 spiro atoms. The van der Waals surface area contributed by atoms with Gasteiger partial charge in [-0.2, -0.15) is 5.06 Å². The number of amides is 4. The van der Waals surface area contributed by atoms with Gasteiger partial charge in [0, 0.05) is 19.0 Å². The molecule has 0 saturated carbocycles. The molecular formula is C14H20N4O4. The number of rotatable bonds is 4. The summed E-state index contributed by atoms with van der Waals surface area (Å²) in [6.45, 7) is 2.55. The number of hydrogen-bond acceptors (Lipinski definition) is 4. The average Bonchev–Trinajstić information content (AvgIpc) is 2.98. The SMILES string of the molecule is CC1=C[C@@H]2CN(C(=O)N2O)[C@@H]1C(=O)NCCC1CCC(=O)N1. The van der Waals surface area contributed by atoms with Gasteiger partial charge in [0.1, 0.15) is 6.04 Å². The zero-order valence-electron chi connectivity index (χ0n) is 12.4. The number of urea groups is 1. The molecule has 0 aliphatic carbocycles. The highest BCUT2D eigenvalue weighted by Gasteiger charge is 2.46. The minimum Gasteiger partial charge on any atom is -0.354 e.